The fraction of sp³-hybridized carbons (Fsp3) is 0.400. The van der Waals surface area contributed by atoms with Crippen molar-refractivity contribution < 1.29 is 9.53 Å². The zero-order valence-electron chi connectivity index (χ0n) is 10.2. The van der Waals surface area contributed by atoms with Gasteiger partial charge in [0, 0.05) is 5.92 Å². The van der Waals surface area contributed by atoms with Crippen LogP contribution in [0.15, 0.2) is 30.9 Å². The van der Waals surface area contributed by atoms with E-state index >= 15 is 0 Å². The lowest BCUT2D eigenvalue weighted by molar-refractivity contribution is 0.0524. The van der Waals surface area contributed by atoms with Crippen molar-refractivity contribution in [3.8, 4) is 0 Å². The van der Waals surface area contributed by atoms with Crippen molar-refractivity contribution in [2.45, 2.75) is 32.1 Å². The zero-order chi connectivity index (χ0) is 12.3. The van der Waals surface area contributed by atoms with E-state index in [0.717, 1.165) is 30.4 Å². The van der Waals surface area contributed by atoms with Crippen LogP contribution in [0.5, 0.6) is 0 Å². The predicted molar refractivity (Wildman–Crippen MR) is 68.3 cm³/mol. The summed E-state index contributed by atoms with van der Waals surface area (Å²) in [4.78, 5) is 11.9. The summed E-state index contributed by atoms with van der Waals surface area (Å²) < 4.78 is 5.10. The Morgan fingerprint density at radius 3 is 3.12 bits per heavy atom. The molecule has 0 aliphatic heterocycles. The molecule has 0 amide bonds. The van der Waals surface area contributed by atoms with Gasteiger partial charge in [0.25, 0.3) is 0 Å². The molecular weight excluding hydrogens is 212 g/mol. The topological polar surface area (TPSA) is 26.3 Å². The fourth-order valence-corrected chi connectivity index (χ4v) is 2.53. The lowest BCUT2D eigenvalue weighted by Crippen LogP contribution is -2.15. The smallest absolute Gasteiger partial charge is 0.338 e. The molecule has 1 aliphatic rings. The second-order valence-corrected chi connectivity index (χ2v) is 4.33. The number of rotatable bonds is 3. The molecule has 1 unspecified atom stereocenters. The van der Waals surface area contributed by atoms with Gasteiger partial charge in [-0.3, -0.25) is 0 Å². The second kappa shape index (κ2) is 5.17. The van der Waals surface area contributed by atoms with E-state index in [9.17, 15) is 4.79 Å². The Morgan fingerprint density at radius 1 is 1.59 bits per heavy atom. The third-order valence-electron chi connectivity index (χ3n) is 3.33. The van der Waals surface area contributed by atoms with Crippen molar-refractivity contribution in [1.82, 2.24) is 0 Å². The van der Waals surface area contributed by atoms with Crippen LogP contribution in [0.3, 0.4) is 0 Å². The highest BCUT2D eigenvalue weighted by Gasteiger charge is 2.22. The molecule has 0 spiro atoms. The molecule has 0 saturated heterocycles. The molecule has 0 bridgehead atoms. The normalized spacial score (nSPS) is 18.3. The van der Waals surface area contributed by atoms with E-state index in [-0.39, 0.29) is 5.97 Å². The Bertz CT molecular complexity index is 435. The molecule has 0 radical (unpaired) electrons. The molecule has 0 fully saturated rings. The van der Waals surface area contributed by atoms with Crippen molar-refractivity contribution in [2.75, 3.05) is 6.61 Å². The molecule has 90 valence electrons. The van der Waals surface area contributed by atoms with Gasteiger partial charge in [-0.25, -0.2) is 4.79 Å². The molecule has 1 aromatic rings. The van der Waals surface area contributed by atoms with Crippen LogP contribution in [0.4, 0.5) is 0 Å². The largest absolute Gasteiger partial charge is 0.462 e. The van der Waals surface area contributed by atoms with Gasteiger partial charge < -0.3 is 4.74 Å². The second-order valence-electron chi connectivity index (χ2n) is 4.33. The highest BCUT2D eigenvalue weighted by Crippen LogP contribution is 2.34. The third-order valence-corrected chi connectivity index (χ3v) is 3.33. The van der Waals surface area contributed by atoms with Crippen LogP contribution in [0.2, 0.25) is 0 Å². The predicted octanol–water partition coefficient (Wildman–Crippen LogP) is 3.47. The molecule has 0 saturated carbocycles. The Balaban J connectivity index is 2.42. The standard InChI is InChI=1S/C15H18O2/c1-3-11-7-5-9-13-12(11)8-6-10-14(13)15(16)17-4-2/h3,6,8,10-11H,1,4-5,7,9H2,2H3. The van der Waals surface area contributed by atoms with E-state index in [2.05, 4.69) is 12.6 Å². The van der Waals surface area contributed by atoms with Gasteiger partial charge in [-0.05, 0) is 43.4 Å². The molecule has 2 rings (SSSR count). The van der Waals surface area contributed by atoms with Crippen molar-refractivity contribution in [3.63, 3.8) is 0 Å². The quantitative estimate of drug-likeness (QED) is 0.587. The van der Waals surface area contributed by atoms with Gasteiger partial charge in [0.05, 0.1) is 12.2 Å². The van der Waals surface area contributed by atoms with E-state index in [0.29, 0.717) is 12.5 Å². The van der Waals surface area contributed by atoms with Gasteiger partial charge >= 0.3 is 5.97 Å². The highest BCUT2D eigenvalue weighted by atomic mass is 16.5. The van der Waals surface area contributed by atoms with E-state index in [1.54, 1.807) is 0 Å². The molecule has 17 heavy (non-hydrogen) atoms. The van der Waals surface area contributed by atoms with Crippen LogP contribution >= 0.6 is 0 Å². The molecule has 2 heteroatoms. The van der Waals surface area contributed by atoms with Crippen molar-refractivity contribution in [3.05, 3.63) is 47.5 Å². The SMILES string of the molecule is C=CC1CCCc2c(C(=O)OCC)cccc21. The zero-order valence-corrected chi connectivity index (χ0v) is 10.2. The molecule has 1 atom stereocenters. The average molecular weight is 230 g/mol. The third kappa shape index (κ3) is 2.26. The van der Waals surface area contributed by atoms with Crippen molar-refractivity contribution in [2.24, 2.45) is 0 Å². The molecule has 0 heterocycles. The minimum absolute atomic E-state index is 0.200. The first-order valence-electron chi connectivity index (χ1n) is 6.19. The van der Waals surface area contributed by atoms with E-state index in [1.165, 1.54) is 5.56 Å². The Morgan fingerprint density at radius 2 is 2.41 bits per heavy atom. The maximum atomic E-state index is 11.9. The van der Waals surface area contributed by atoms with E-state index in [1.807, 2.05) is 25.1 Å². The minimum Gasteiger partial charge on any atom is -0.462 e. The van der Waals surface area contributed by atoms with Gasteiger partial charge in [0.1, 0.15) is 0 Å². The van der Waals surface area contributed by atoms with Gasteiger partial charge in [0.2, 0.25) is 0 Å². The monoisotopic (exact) mass is 230 g/mol. The number of hydrogen-bond donors (Lipinski definition) is 0. The maximum Gasteiger partial charge on any atom is 0.338 e. The highest BCUT2D eigenvalue weighted by molar-refractivity contribution is 5.91. The van der Waals surface area contributed by atoms with Crippen LogP contribution in [0.1, 0.15) is 47.2 Å². The summed E-state index contributed by atoms with van der Waals surface area (Å²) >= 11 is 0. The number of ether oxygens (including phenoxy) is 1. The molecule has 2 nitrogen and oxygen atoms in total. The molecular formula is C15H18O2. The summed E-state index contributed by atoms with van der Waals surface area (Å²) in [5.74, 6) is 0.183. The average Bonchev–Trinajstić information content (AvgIpc) is 2.37. The van der Waals surface area contributed by atoms with E-state index in [4.69, 9.17) is 4.74 Å². The lowest BCUT2D eigenvalue weighted by atomic mass is 9.81. The van der Waals surface area contributed by atoms with E-state index < -0.39 is 0 Å². The number of allylic oxidation sites excluding steroid dienone is 1. The first-order chi connectivity index (χ1) is 8.27. The van der Waals surface area contributed by atoms with Crippen LogP contribution in [0.25, 0.3) is 0 Å². The molecule has 1 aromatic carbocycles. The number of carbonyl (C=O) groups excluding carboxylic acids is 1. The van der Waals surface area contributed by atoms with Gasteiger partial charge in [0.15, 0.2) is 0 Å². The summed E-state index contributed by atoms with van der Waals surface area (Å²) in [5.41, 5.74) is 3.13. The number of fused-ring (bicyclic) bond motifs is 1. The van der Waals surface area contributed by atoms with Crippen LogP contribution in [-0.4, -0.2) is 12.6 Å². The molecule has 1 aliphatic carbocycles. The summed E-state index contributed by atoms with van der Waals surface area (Å²) in [6.07, 6.45) is 5.18. The van der Waals surface area contributed by atoms with Gasteiger partial charge in [-0.1, -0.05) is 18.2 Å². The Hall–Kier alpha value is -1.57. The Kier molecular flexibility index (Phi) is 3.62. The number of esters is 1. The van der Waals surface area contributed by atoms with Crippen LogP contribution in [0, 0.1) is 0 Å². The number of carbonyl (C=O) groups is 1. The molecule has 0 N–H and O–H groups in total. The van der Waals surface area contributed by atoms with Gasteiger partial charge in [-0.15, -0.1) is 6.58 Å². The summed E-state index contributed by atoms with van der Waals surface area (Å²) in [6.45, 7) is 6.14. The van der Waals surface area contributed by atoms with Crippen molar-refractivity contribution >= 4 is 5.97 Å². The Labute approximate surface area is 102 Å². The number of hydrogen-bond acceptors (Lipinski definition) is 2. The lowest BCUT2D eigenvalue weighted by Gasteiger charge is -2.24. The maximum absolute atomic E-state index is 11.9. The van der Waals surface area contributed by atoms with Crippen molar-refractivity contribution in [1.29, 1.82) is 0 Å². The summed E-state index contributed by atoms with van der Waals surface area (Å²) in [5, 5.41) is 0. The number of benzene rings is 1. The van der Waals surface area contributed by atoms with Gasteiger partial charge in [-0.2, -0.15) is 0 Å². The summed E-state index contributed by atoms with van der Waals surface area (Å²) in [7, 11) is 0. The fourth-order valence-electron chi connectivity index (χ4n) is 2.53. The summed E-state index contributed by atoms with van der Waals surface area (Å²) in [6, 6.07) is 5.90. The first-order valence-corrected chi connectivity index (χ1v) is 6.19. The van der Waals surface area contributed by atoms with Crippen LogP contribution in [-0.2, 0) is 11.2 Å². The molecule has 0 aromatic heterocycles. The first kappa shape index (κ1) is 11.9. The van der Waals surface area contributed by atoms with Crippen LogP contribution < -0.4 is 0 Å². The minimum atomic E-state index is -0.200.